The van der Waals surface area contributed by atoms with E-state index in [2.05, 4.69) is 5.10 Å². The van der Waals surface area contributed by atoms with Crippen LogP contribution in [-0.4, -0.2) is 25.0 Å². The number of aryl methyl sites for hydroxylation is 1. The van der Waals surface area contributed by atoms with Gasteiger partial charge < -0.3 is 9.47 Å². The Kier molecular flexibility index (Phi) is 7.00. The third kappa shape index (κ3) is 5.69. The summed E-state index contributed by atoms with van der Waals surface area (Å²) < 4.78 is 11.2. The summed E-state index contributed by atoms with van der Waals surface area (Å²) in [6.07, 6.45) is -0.539. The van der Waals surface area contributed by atoms with Crippen LogP contribution in [0.2, 0.25) is 0 Å². The molecule has 0 radical (unpaired) electrons. The van der Waals surface area contributed by atoms with Gasteiger partial charge in [-0.25, -0.2) is 4.79 Å². The molecule has 0 aliphatic heterocycles. The third-order valence-corrected chi connectivity index (χ3v) is 4.17. The summed E-state index contributed by atoms with van der Waals surface area (Å²) in [7, 11) is 0. The lowest BCUT2D eigenvalue weighted by Crippen LogP contribution is -2.29. The zero-order chi connectivity index (χ0) is 20.5. The summed E-state index contributed by atoms with van der Waals surface area (Å²) in [5, 5.41) is 5.89. The molecule has 0 saturated carbocycles. The summed E-state index contributed by atoms with van der Waals surface area (Å²) >= 11 is 0. The normalized spacial score (nSPS) is 11.0. The fraction of sp³-hybridized carbons (Fsp3) is 0.167. The summed E-state index contributed by atoms with van der Waals surface area (Å²) in [5.74, 6) is 0.738. The zero-order valence-electron chi connectivity index (χ0n) is 16.6. The van der Waals surface area contributed by atoms with E-state index >= 15 is 0 Å². The molecule has 5 heteroatoms. The van der Waals surface area contributed by atoms with Crippen LogP contribution in [0.25, 0.3) is 0 Å². The Morgan fingerprint density at radius 2 is 1.52 bits per heavy atom. The van der Waals surface area contributed by atoms with Gasteiger partial charge >= 0.3 is 6.09 Å². The first-order valence-corrected chi connectivity index (χ1v) is 9.51. The van der Waals surface area contributed by atoms with E-state index in [0.717, 1.165) is 16.9 Å². The van der Waals surface area contributed by atoms with Gasteiger partial charge in [0.05, 0.1) is 12.3 Å². The number of amides is 1. The summed E-state index contributed by atoms with van der Waals surface area (Å²) in [4.78, 5) is 12.6. The van der Waals surface area contributed by atoms with E-state index in [1.54, 1.807) is 6.92 Å². The van der Waals surface area contributed by atoms with Crippen LogP contribution in [0.3, 0.4) is 0 Å². The van der Waals surface area contributed by atoms with Crippen LogP contribution < -0.4 is 9.75 Å². The molecule has 0 heterocycles. The predicted molar refractivity (Wildman–Crippen MR) is 116 cm³/mol. The minimum absolute atomic E-state index is 0.204. The molecule has 0 bridgehead atoms. The number of anilines is 1. The van der Waals surface area contributed by atoms with E-state index in [1.807, 2.05) is 91.9 Å². The Balaban J connectivity index is 1.94. The second kappa shape index (κ2) is 10.1. The highest BCUT2D eigenvalue weighted by molar-refractivity contribution is 6.04. The number of benzene rings is 3. The largest absolute Gasteiger partial charge is 0.487 e. The van der Waals surface area contributed by atoms with Crippen LogP contribution in [-0.2, 0) is 4.74 Å². The summed E-state index contributed by atoms with van der Waals surface area (Å²) in [6, 6.07) is 26.7. The SMILES string of the molecule is CCOC(=O)N(/N=C(\COc1ccc(C)cc1)c1ccccc1)c1ccccc1. The lowest BCUT2D eigenvalue weighted by Gasteiger charge is -2.19. The summed E-state index contributed by atoms with van der Waals surface area (Å²) in [6.45, 7) is 4.26. The van der Waals surface area contributed by atoms with Crippen LogP contribution in [0.1, 0.15) is 18.1 Å². The monoisotopic (exact) mass is 388 g/mol. The minimum Gasteiger partial charge on any atom is -0.487 e. The van der Waals surface area contributed by atoms with E-state index in [4.69, 9.17) is 9.47 Å². The van der Waals surface area contributed by atoms with Gasteiger partial charge in [-0.15, -0.1) is 0 Å². The van der Waals surface area contributed by atoms with Crippen molar-refractivity contribution in [2.24, 2.45) is 5.10 Å². The summed E-state index contributed by atoms with van der Waals surface area (Å²) in [5.41, 5.74) is 3.26. The van der Waals surface area contributed by atoms with Crippen LogP contribution in [0.4, 0.5) is 10.5 Å². The third-order valence-electron chi connectivity index (χ3n) is 4.17. The number of hydrazone groups is 1. The molecule has 0 aliphatic rings. The first-order valence-electron chi connectivity index (χ1n) is 9.51. The number of para-hydroxylation sites is 1. The van der Waals surface area contributed by atoms with Crippen molar-refractivity contribution in [1.29, 1.82) is 0 Å². The molecule has 0 spiro atoms. The molecule has 0 fully saturated rings. The molecule has 0 aliphatic carbocycles. The van der Waals surface area contributed by atoms with E-state index < -0.39 is 6.09 Å². The molecule has 148 valence electrons. The van der Waals surface area contributed by atoms with Crippen molar-refractivity contribution in [2.75, 3.05) is 18.2 Å². The van der Waals surface area contributed by atoms with Gasteiger partial charge in [-0.2, -0.15) is 10.1 Å². The van der Waals surface area contributed by atoms with Gasteiger partial charge in [0.1, 0.15) is 18.1 Å². The van der Waals surface area contributed by atoms with Gasteiger partial charge in [0.15, 0.2) is 0 Å². The van der Waals surface area contributed by atoms with E-state index in [1.165, 1.54) is 5.01 Å². The van der Waals surface area contributed by atoms with Gasteiger partial charge in [0.25, 0.3) is 0 Å². The second-order valence-corrected chi connectivity index (χ2v) is 6.36. The molecule has 0 saturated heterocycles. The predicted octanol–water partition coefficient (Wildman–Crippen LogP) is 5.44. The molecule has 3 rings (SSSR count). The van der Waals surface area contributed by atoms with Crippen LogP contribution >= 0.6 is 0 Å². The Bertz CT molecular complexity index is 939. The standard InChI is InChI=1S/C24H24N2O3/c1-3-28-24(27)26(21-12-8-5-9-13-21)25-23(20-10-6-4-7-11-20)18-29-22-16-14-19(2)15-17-22/h4-17H,3,18H2,1-2H3/b25-23+. The maximum Gasteiger partial charge on any atom is 0.435 e. The van der Waals surface area contributed by atoms with Gasteiger partial charge in [-0.3, -0.25) is 0 Å². The van der Waals surface area contributed by atoms with Gasteiger partial charge in [-0.05, 0) is 38.1 Å². The first kappa shape index (κ1) is 20.1. The average molecular weight is 388 g/mol. The highest BCUT2D eigenvalue weighted by Crippen LogP contribution is 2.18. The molecule has 0 N–H and O–H groups in total. The minimum atomic E-state index is -0.539. The van der Waals surface area contributed by atoms with E-state index in [-0.39, 0.29) is 13.2 Å². The maximum atomic E-state index is 12.6. The van der Waals surface area contributed by atoms with Crippen molar-refractivity contribution in [3.05, 3.63) is 96.1 Å². The zero-order valence-corrected chi connectivity index (χ0v) is 16.6. The molecule has 3 aromatic carbocycles. The highest BCUT2D eigenvalue weighted by Gasteiger charge is 2.18. The Hall–Kier alpha value is -3.60. The van der Waals surface area contributed by atoms with Crippen LogP contribution in [0.5, 0.6) is 5.75 Å². The number of rotatable bonds is 7. The number of ether oxygens (including phenoxy) is 2. The van der Waals surface area contributed by atoms with Crippen molar-refractivity contribution < 1.29 is 14.3 Å². The van der Waals surface area contributed by atoms with E-state index in [9.17, 15) is 4.79 Å². The topological polar surface area (TPSA) is 51.1 Å². The fourth-order valence-corrected chi connectivity index (χ4v) is 2.67. The number of hydrogen-bond donors (Lipinski definition) is 0. The van der Waals surface area contributed by atoms with Crippen LogP contribution in [0.15, 0.2) is 90.0 Å². The quantitative estimate of drug-likeness (QED) is 0.400. The average Bonchev–Trinajstić information content (AvgIpc) is 2.76. The smallest absolute Gasteiger partial charge is 0.435 e. The molecule has 5 nitrogen and oxygen atoms in total. The maximum absolute atomic E-state index is 12.6. The van der Waals surface area contributed by atoms with Crippen molar-refractivity contribution in [1.82, 2.24) is 0 Å². The van der Waals surface area contributed by atoms with E-state index in [0.29, 0.717) is 11.4 Å². The number of nitrogens with zero attached hydrogens (tertiary/aromatic N) is 2. The molecule has 1 amide bonds. The van der Waals surface area contributed by atoms with Crippen LogP contribution in [0, 0.1) is 6.92 Å². The van der Waals surface area contributed by atoms with Gasteiger partial charge in [0.2, 0.25) is 0 Å². The lowest BCUT2D eigenvalue weighted by atomic mass is 10.1. The van der Waals surface area contributed by atoms with Gasteiger partial charge in [0, 0.05) is 5.56 Å². The molecule has 29 heavy (non-hydrogen) atoms. The lowest BCUT2D eigenvalue weighted by molar-refractivity contribution is 0.160. The molecule has 3 aromatic rings. The molecular weight excluding hydrogens is 364 g/mol. The number of hydrogen-bond acceptors (Lipinski definition) is 4. The van der Waals surface area contributed by atoms with Crippen molar-refractivity contribution in [2.45, 2.75) is 13.8 Å². The fourth-order valence-electron chi connectivity index (χ4n) is 2.67. The molecular formula is C24H24N2O3. The molecule has 0 atom stereocenters. The Morgan fingerprint density at radius 3 is 2.14 bits per heavy atom. The van der Waals surface area contributed by atoms with Crippen molar-refractivity contribution in [3.63, 3.8) is 0 Å². The second-order valence-electron chi connectivity index (χ2n) is 6.36. The molecule has 0 unspecified atom stereocenters. The van der Waals surface area contributed by atoms with Gasteiger partial charge in [-0.1, -0.05) is 66.2 Å². The Labute approximate surface area is 171 Å². The highest BCUT2D eigenvalue weighted by atomic mass is 16.6. The number of carbonyl (C=O) groups excluding carboxylic acids is 1. The Morgan fingerprint density at radius 1 is 0.897 bits per heavy atom. The van der Waals surface area contributed by atoms with Crippen molar-refractivity contribution >= 4 is 17.5 Å². The first-order chi connectivity index (χ1) is 14.2. The van der Waals surface area contributed by atoms with Crippen molar-refractivity contribution in [3.8, 4) is 5.75 Å². The number of carbonyl (C=O) groups is 1. The molecule has 0 aromatic heterocycles.